The summed E-state index contributed by atoms with van der Waals surface area (Å²) in [6, 6.07) is 2.30. The van der Waals surface area contributed by atoms with Crippen LogP contribution in [0, 0.1) is 0 Å². The standard InChI is InChI=1S/C14H20ClF2N3OSi/c1-14(16,17)11-7-10-12(15)18-8-19-13(10)20(11)9-21-5-6-22(2,3)4/h7-8H,5-6,9H2,1-4H3. The van der Waals surface area contributed by atoms with Gasteiger partial charge in [0.1, 0.15) is 23.9 Å². The zero-order chi connectivity index (χ0) is 16.5. The quantitative estimate of drug-likeness (QED) is 0.438. The number of aromatic nitrogens is 3. The van der Waals surface area contributed by atoms with Gasteiger partial charge in [-0.1, -0.05) is 31.2 Å². The number of halogens is 3. The van der Waals surface area contributed by atoms with Crippen LogP contribution in [0.25, 0.3) is 11.0 Å². The maximum absolute atomic E-state index is 13.8. The first-order chi connectivity index (χ1) is 10.1. The molecule has 0 fully saturated rings. The largest absolute Gasteiger partial charge is 0.361 e. The Labute approximate surface area is 134 Å². The van der Waals surface area contributed by atoms with Crippen LogP contribution in [0.15, 0.2) is 12.4 Å². The molecule has 0 aliphatic heterocycles. The van der Waals surface area contributed by atoms with Crippen molar-refractivity contribution < 1.29 is 13.5 Å². The van der Waals surface area contributed by atoms with Crippen LogP contribution < -0.4 is 0 Å². The highest BCUT2D eigenvalue weighted by Crippen LogP contribution is 2.33. The average Bonchev–Trinajstić information content (AvgIpc) is 2.74. The molecular formula is C14H20ClF2N3OSi. The summed E-state index contributed by atoms with van der Waals surface area (Å²) in [5, 5.41) is 0.575. The van der Waals surface area contributed by atoms with Crippen LogP contribution in [-0.4, -0.2) is 29.2 Å². The third-order valence-electron chi connectivity index (χ3n) is 3.31. The predicted octanol–water partition coefficient (Wildman–Crippen LogP) is 4.51. The molecule has 2 aromatic heterocycles. The van der Waals surface area contributed by atoms with Gasteiger partial charge >= 0.3 is 0 Å². The molecule has 0 saturated carbocycles. The zero-order valence-corrected chi connectivity index (χ0v) is 14.9. The van der Waals surface area contributed by atoms with E-state index in [2.05, 4.69) is 29.6 Å². The van der Waals surface area contributed by atoms with Crippen molar-refractivity contribution in [2.24, 2.45) is 0 Å². The average molecular weight is 348 g/mol. The van der Waals surface area contributed by atoms with E-state index in [1.807, 2.05) is 0 Å². The number of ether oxygens (including phenoxy) is 1. The van der Waals surface area contributed by atoms with Gasteiger partial charge < -0.3 is 4.74 Å². The highest BCUT2D eigenvalue weighted by Gasteiger charge is 2.31. The molecule has 0 N–H and O–H groups in total. The number of hydrogen-bond acceptors (Lipinski definition) is 3. The van der Waals surface area contributed by atoms with E-state index in [4.69, 9.17) is 16.3 Å². The van der Waals surface area contributed by atoms with Crippen LogP contribution in [0.3, 0.4) is 0 Å². The molecule has 0 amide bonds. The van der Waals surface area contributed by atoms with Crippen molar-refractivity contribution in [2.75, 3.05) is 6.61 Å². The molecule has 2 heterocycles. The molecule has 0 aliphatic rings. The van der Waals surface area contributed by atoms with Crippen LogP contribution in [-0.2, 0) is 17.4 Å². The van der Waals surface area contributed by atoms with E-state index < -0.39 is 14.0 Å². The maximum Gasteiger partial charge on any atom is 0.285 e. The summed E-state index contributed by atoms with van der Waals surface area (Å²) in [5.74, 6) is -3.01. The molecule has 8 heteroatoms. The summed E-state index contributed by atoms with van der Waals surface area (Å²) in [6.45, 7) is 8.13. The number of fused-ring (bicyclic) bond motifs is 1. The summed E-state index contributed by atoms with van der Waals surface area (Å²) < 4.78 is 34.6. The van der Waals surface area contributed by atoms with E-state index in [0.29, 0.717) is 17.6 Å². The van der Waals surface area contributed by atoms with E-state index in [1.165, 1.54) is 17.0 Å². The van der Waals surface area contributed by atoms with Crippen molar-refractivity contribution in [3.63, 3.8) is 0 Å². The molecule has 2 rings (SSSR count). The second-order valence-corrected chi connectivity index (χ2v) is 12.6. The van der Waals surface area contributed by atoms with E-state index in [-0.39, 0.29) is 17.6 Å². The third-order valence-corrected chi connectivity index (χ3v) is 5.31. The van der Waals surface area contributed by atoms with Crippen molar-refractivity contribution in [1.82, 2.24) is 14.5 Å². The second kappa shape index (κ2) is 6.21. The SMILES string of the molecule is CC(F)(F)c1cc2c(Cl)ncnc2n1COCC[Si](C)(C)C. The van der Waals surface area contributed by atoms with Gasteiger partial charge in [0.25, 0.3) is 5.92 Å². The van der Waals surface area contributed by atoms with Crippen LogP contribution >= 0.6 is 11.6 Å². The number of nitrogens with zero attached hydrogens (tertiary/aromatic N) is 3. The number of rotatable bonds is 6. The third kappa shape index (κ3) is 4.02. The van der Waals surface area contributed by atoms with Crippen molar-refractivity contribution in [1.29, 1.82) is 0 Å². The summed E-state index contributed by atoms with van der Waals surface area (Å²) >= 11 is 5.97. The Kier molecular flexibility index (Phi) is 4.89. The van der Waals surface area contributed by atoms with Gasteiger partial charge in [-0.25, -0.2) is 18.7 Å². The zero-order valence-electron chi connectivity index (χ0n) is 13.2. The predicted molar refractivity (Wildman–Crippen MR) is 86.2 cm³/mol. The Hall–Kier alpha value is -1.05. The fraction of sp³-hybridized carbons (Fsp3) is 0.571. The van der Waals surface area contributed by atoms with Crippen LogP contribution in [0.2, 0.25) is 30.8 Å². The van der Waals surface area contributed by atoms with Crippen molar-refractivity contribution >= 4 is 30.7 Å². The summed E-state index contributed by atoms with van der Waals surface area (Å²) in [4.78, 5) is 7.90. The fourth-order valence-electron chi connectivity index (χ4n) is 2.06. The van der Waals surface area contributed by atoms with E-state index in [9.17, 15) is 8.78 Å². The van der Waals surface area contributed by atoms with Gasteiger partial charge in [-0.15, -0.1) is 0 Å². The van der Waals surface area contributed by atoms with Gasteiger partial charge in [0.2, 0.25) is 0 Å². The number of alkyl halides is 2. The molecule has 0 saturated heterocycles. The summed E-state index contributed by atoms with van der Waals surface area (Å²) in [5.41, 5.74) is 0.197. The van der Waals surface area contributed by atoms with Crippen LogP contribution in [0.1, 0.15) is 12.6 Å². The van der Waals surface area contributed by atoms with Gasteiger partial charge in [0.05, 0.1) is 11.1 Å². The first-order valence-electron chi connectivity index (χ1n) is 7.05. The minimum absolute atomic E-state index is 0.0279. The van der Waals surface area contributed by atoms with Gasteiger partial charge in [-0.3, -0.25) is 4.57 Å². The lowest BCUT2D eigenvalue weighted by Gasteiger charge is -2.18. The van der Waals surface area contributed by atoms with Gasteiger partial charge in [0, 0.05) is 21.6 Å². The highest BCUT2D eigenvalue weighted by atomic mass is 35.5. The first-order valence-corrected chi connectivity index (χ1v) is 11.1. The van der Waals surface area contributed by atoms with E-state index in [0.717, 1.165) is 13.0 Å². The fourth-order valence-corrected chi connectivity index (χ4v) is 3.00. The molecule has 0 aliphatic carbocycles. The van der Waals surface area contributed by atoms with Crippen LogP contribution in [0.5, 0.6) is 0 Å². The minimum Gasteiger partial charge on any atom is -0.361 e. The normalized spacial score (nSPS) is 13.0. The lowest BCUT2D eigenvalue weighted by molar-refractivity contribution is -0.000657. The van der Waals surface area contributed by atoms with E-state index in [1.54, 1.807) is 0 Å². The summed E-state index contributed by atoms with van der Waals surface area (Å²) in [6.07, 6.45) is 1.26. The highest BCUT2D eigenvalue weighted by molar-refractivity contribution is 6.76. The minimum atomic E-state index is -3.01. The molecule has 22 heavy (non-hydrogen) atoms. The molecule has 4 nitrogen and oxygen atoms in total. The Morgan fingerprint density at radius 2 is 2.00 bits per heavy atom. The van der Waals surface area contributed by atoms with Crippen molar-refractivity contribution in [3.8, 4) is 0 Å². The lowest BCUT2D eigenvalue weighted by atomic mass is 10.2. The molecule has 122 valence electrons. The Bertz CT molecular complexity index is 664. The summed E-state index contributed by atoms with van der Waals surface area (Å²) in [7, 11) is -1.22. The topological polar surface area (TPSA) is 39.9 Å². The maximum atomic E-state index is 13.8. The molecular weight excluding hydrogens is 328 g/mol. The molecule has 0 atom stereocenters. The smallest absolute Gasteiger partial charge is 0.285 e. The molecule has 2 aromatic rings. The lowest BCUT2D eigenvalue weighted by Crippen LogP contribution is -2.23. The first kappa shape index (κ1) is 17.3. The van der Waals surface area contributed by atoms with Gasteiger partial charge in [0.15, 0.2) is 0 Å². The molecule has 0 unspecified atom stereocenters. The Morgan fingerprint density at radius 1 is 1.32 bits per heavy atom. The molecule has 0 spiro atoms. The Morgan fingerprint density at radius 3 is 2.59 bits per heavy atom. The van der Waals surface area contributed by atoms with Crippen molar-refractivity contribution in [3.05, 3.63) is 23.2 Å². The van der Waals surface area contributed by atoms with Crippen LogP contribution in [0.4, 0.5) is 8.78 Å². The van der Waals surface area contributed by atoms with Gasteiger partial charge in [-0.05, 0) is 12.1 Å². The molecule has 0 radical (unpaired) electrons. The second-order valence-electron chi connectivity index (χ2n) is 6.60. The monoisotopic (exact) mass is 347 g/mol. The van der Waals surface area contributed by atoms with Gasteiger partial charge in [-0.2, -0.15) is 0 Å². The molecule has 0 aromatic carbocycles. The Balaban J connectivity index is 2.28. The molecule has 0 bridgehead atoms. The number of hydrogen-bond donors (Lipinski definition) is 0. The van der Waals surface area contributed by atoms with E-state index >= 15 is 0 Å². The van der Waals surface area contributed by atoms with Crippen molar-refractivity contribution in [2.45, 2.75) is 45.3 Å².